The Morgan fingerprint density at radius 1 is 1.40 bits per heavy atom. The minimum atomic E-state index is -0.0396. The minimum Gasteiger partial charge on any atom is -0.377 e. The standard InChI is InChI=1S/C16H14Cl2N4O3/c1-24-6-11-21-16(25-22-11)8-4-9(17)14(18)15-13(8)7-5-12(23)19-3-2-10(7)20-15/h4,20H,2-3,5-6H2,1H3,(H,19,23). The van der Waals surface area contributed by atoms with Gasteiger partial charge in [-0.2, -0.15) is 4.98 Å². The molecule has 7 nitrogen and oxygen atoms in total. The van der Waals surface area contributed by atoms with E-state index >= 15 is 0 Å². The summed E-state index contributed by atoms with van der Waals surface area (Å²) < 4.78 is 10.4. The molecule has 2 N–H and O–H groups in total. The van der Waals surface area contributed by atoms with Crippen molar-refractivity contribution in [2.24, 2.45) is 0 Å². The molecular formula is C16H14Cl2N4O3. The smallest absolute Gasteiger partial charge is 0.258 e. The number of aromatic nitrogens is 3. The third-order valence-electron chi connectivity index (χ3n) is 4.17. The number of H-pyrrole nitrogens is 1. The van der Waals surface area contributed by atoms with E-state index < -0.39 is 0 Å². The first kappa shape index (κ1) is 16.4. The highest BCUT2D eigenvalue weighted by Gasteiger charge is 2.25. The molecule has 0 aliphatic carbocycles. The Balaban J connectivity index is 1.98. The predicted octanol–water partition coefficient (Wildman–Crippen LogP) is 2.89. The molecule has 4 rings (SSSR count). The number of ether oxygens (including phenoxy) is 1. The van der Waals surface area contributed by atoms with Crippen LogP contribution in [0.5, 0.6) is 0 Å². The van der Waals surface area contributed by atoms with E-state index in [1.807, 2.05) is 0 Å². The van der Waals surface area contributed by atoms with E-state index in [9.17, 15) is 4.79 Å². The maximum atomic E-state index is 12.0. The molecule has 0 saturated heterocycles. The van der Waals surface area contributed by atoms with Crippen molar-refractivity contribution in [3.05, 3.63) is 33.2 Å². The van der Waals surface area contributed by atoms with E-state index in [0.717, 1.165) is 16.6 Å². The summed E-state index contributed by atoms with van der Waals surface area (Å²) in [7, 11) is 1.55. The molecule has 9 heteroatoms. The van der Waals surface area contributed by atoms with E-state index in [4.69, 9.17) is 32.5 Å². The summed E-state index contributed by atoms with van der Waals surface area (Å²) >= 11 is 12.7. The van der Waals surface area contributed by atoms with E-state index in [1.54, 1.807) is 13.2 Å². The van der Waals surface area contributed by atoms with Crippen molar-refractivity contribution in [3.8, 4) is 11.5 Å². The van der Waals surface area contributed by atoms with Gasteiger partial charge in [-0.15, -0.1) is 0 Å². The van der Waals surface area contributed by atoms with Gasteiger partial charge in [0, 0.05) is 31.2 Å². The fraction of sp³-hybridized carbons (Fsp3) is 0.312. The van der Waals surface area contributed by atoms with Crippen molar-refractivity contribution >= 4 is 40.0 Å². The molecule has 3 heterocycles. The lowest BCUT2D eigenvalue weighted by molar-refractivity contribution is -0.120. The van der Waals surface area contributed by atoms with Crippen molar-refractivity contribution in [1.82, 2.24) is 20.4 Å². The zero-order chi connectivity index (χ0) is 17.6. The Morgan fingerprint density at radius 3 is 3.04 bits per heavy atom. The maximum absolute atomic E-state index is 12.0. The van der Waals surface area contributed by atoms with Crippen LogP contribution in [0.4, 0.5) is 0 Å². The largest absolute Gasteiger partial charge is 0.377 e. The second-order valence-electron chi connectivity index (χ2n) is 5.78. The number of carbonyl (C=O) groups excluding carboxylic acids is 1. The van der Waals surface area contributed by atoms with Crippen molar-refractivity contribution in [2.45, 2.75) is 19.4 Å². The lowest BCUT2D eigenvalue weighted by Gasteiger charge is -2.05. The highest BCUT2D eigenvalue weighted by molar-refractivity contribution is 6.45. The van der Waals surface area contributed by atoms with Gasteiger partial charge in [0.2, 0.25) is 5.91 Å². The Morgan fingerprint density at radius 2 is 2.24 bits per heavy atom. The Hall–Kier alpha value is -2.09. The number of hydrogen-bond donors (Lipinski definition) is 2. The van der Waals surface area contributed by atoms with Crippen molar-refractivity contribution in [1.29, 1.82) is 0 Å². The lowest BCUT2D eigenvalue weighted by atomic mass is 10.0. The summed E-state index contributed by atoms with van der Waals surface area (Å²) in [5.41, 5.74) is 3.15. The van der Waals surface area contributed by atoms with Crippen LogP contribution in [0.25, 0.3) is 22.4 Å². The van der Waals surface area contributed by atoms with Crippen LogP contribution >= 0.6 is 23.2 Å². The fourth-order valence-corrected chi connectivity index (χ4v) is 3.51. The fourth-order valence-electron chi connectivity index (χ4n) is 3.11. The van der Waals surface area contributed by atoms with Crippen molar-refractivity contribution in [2.75, 3.05) is 13.7 Å². The molecule has 0 saturated carbocycles. The van der Waals surface area contributed by atoms with Crippen LogP contribution < -0.4 is 5.32 Å². The monoisotopic (exact) mass is 380 g/mol. The first-order valence-electron chi connectivity index (χ1n) is 7.68. The number of halogens is 2. The third kappa shape index (κ3) is 2.78. The molecule has 0 spiro atoms. The van der Waals surface area contributed by atoms with E-state index in [-0.39, 0.29) is 18.9 Å². The van der Waals surface area contributed by atoms with E-state index in [1.165, 1.54) is 0 Å². The number of nitrogens with one attached hydrogen (secondary N) is 2. The summed E-state index contributed by atoms with van der Waals surface area (Å²) in [5, 5.41) is 8.32. The molecular weight excluding hydrogens is 367 g/mol. The molecule has 0 bridgehead atoms. The first-order valence-corrected chi connectivity index (χ1v) is 8.44. The lowest BCUT2D eigenvalue weighted by Crippen LogP contribution is -2.24. The zero-order valence-electron chi connectivity index (χ0n) is 13.3. The van der Waals surface area contributed by atoms with Gasteiger partial charge in [0.25, 0.3) is 5.89 Å². The number of benzene rings is 1. The molecule has 0 radical (unpaired) electrons. The molecule has 25 heavy (non-hydrogen) atoms. The number of hydrogen-bond acceptors (Lipinski definition) is 5. The van der Waals surface area contributed by atoms with Gasteiger partial charge in [-0.1, -0.05) is 28.4 Å². The number of methoxy groups -OCH3 is 1. The summed E-state index contributed by atoms with van der Waals surface area (Å²) in [5.74, 6) is 0.695. The summed E-state index contributed by atoms with van der Waals surface area (Å²) in [6.45, 7) is 0.805. The Labute approximate surface area is 152 Å². The van der Waals surface area contributed by atoms with Gasteiger partial charge in [-0.05, 0) is 11.6 Å². The van der Waals surface area contributed by atoms with Gasteiger partial charge in [-0.25, -0.2) is 0 Å². The van der Waals surface area contributed by atoms with Gasteiger partial charge in [0.1, 0.15) is 6.61 Å². The Bertz CT molecular complexity index is 980. The normalized spacial score (nSPS) is 14.4. The third-order valence-corrected chi connectivity index (χ3v) is 4.96. The topological polar surface area (TPSA) is 93.0 Å². The molecule has 0 fully saturated rings. The second kappa shape index (κ2) is 6.33. The van der Waals surface area contributed by atoms with E-state index in [2.05, 4.69) is 20.4 Å². The molecule has 130 valence electrons. The van der Waals surface area contributed by atoms with E-state index in [0.29, 0.717) is 45.8 Å². The molecule has 1 aromatic carbocycles. The van der Waals surface area contributed by atoms with Gasteiger partial charge in [0.15, 0.2) is 5.82 Å². The molecule has 0 unspecified atom stereocenters. The van der Waals surface area contributed by atoms with Crippen LogP contribution in [0, 0.1) is 0 Å². The minimum absolute atomic E-state index is 0.0396. The molecule has 1 amide bonds. The number of carbonyl (C=O) groups is 1. The Kier molecular flexibility index (Phi) is 4.15. The van der Waals surface area contributed by atoms with Crippen LogP contribution in [-0.2, 0) is 29.0 Å². The number of nitrogens with zero attached hydrogens (tertiary/aromatic N) is 2. The summed E-state index contributed by atoms with van der Waals surface area (Å²) in [4.78, 5) is 19.7. The van der Waals surface area contributed by atoms with Gasteiger partial charge < -0.3 is 19.6 Å². The molecule has 3 aromatic rings. The molecule has 1 aliphatic rings. The quantitative estimate of drug-likeness (QED) is 0.728. The number of amides is 1. The summed E-state index contributed by atoms with van der Waals surface area (Å²) in [6, 6.07) is 1.69. The SMILES string of the molecule is COCc1noc(-c2cc(Cl)c(Cl)c3[nH]c4c(c23)CC(=O)NCC4)n1. The van der Waals surface area contributed by atoms with Crippen LogP contribution in [0.2, 0.25) is 10.0 Å². The van der Waals surface area contributed by atoms with Crippen molar-refractivity contribution in [3.63, 3.8) is 0 Å². The maximum Gasteiger partial charge on any atom is 0.258 e. The van der Waals surface area contributed by atoms with Crippen LogP contribution in [0.15, 0.2) is 10.6 Å². The van der Waals surface area contributed by atoms with Crippen LogP contribution in [0.3, 0.4) is 0 Å². The highest BCUT2D eigenvalue weighted by Crippen LogP contribution is 2.41. The number of rotatable bonds is 3. The first-order chi connectivity index (χ1) is 12.1. The van der Waals surface area contributed by atoms with Crippen LogP contribution in [0.1, 0.15) is 17.1 Å². The van der Waals surface area contributed by atoms with Crippen LogP contribution in [-0.4, -0.2) is 34.7 Å². The molecule has 0 atom stereocenters. The van der Waals surface area contributed by atoms with Gasteiger partial charge in [-0.3, -0.25) is 4.79 Å². The van der Waals surface area contributed by atoms with Gasteiger partial charge in [0.05, 0.1) is 27.5 Å². The predicted molar refractivity (Wildman–Crippen MR) is 92.7 cm³/mol. The molecule has 2 aromatic heterocycles. The average Bonchev–Trinajstić information content (AvgIpc) is 3.13. The second-order valence-corrected chi connectivity index (χ2v) is 6.56. The van der Waals surface area contributed by atoms with Gasteiger partial charge >= 0.3 is 0 Å². The highest BCUT2D eigenvalue weighted by atomic mass is 35.5. The summed E-state index contributed by atoms with van der Waals surface area (Å²) in [6.07, 6.45) is 0.932. The average molecular weight is 381 g/mol. The number of fused-ring (bicyclic) bond motifs is 3. The molecule has 1 aliphatic heterocycles. The van der Waals surface area contributed by atoms with Crippen molar-refractivity contribution < 1.29 is 14.1 Å². The number of aromatic amines is 1. The zero-order valence-corrected chi connectivity index (χ0v) is 14.8.